The summed E-state index contributed by atoms with van der Waals surface area (Å²) in [7, 11) is 0. The molecule has 0 spiro atoms. The molecule has 1 aromatic carbocycles. The predicted octanol–water partition coefficient (Wildman–Crippen LogP) is 4.75. The highest BCUT2D eigenvalue weighted by molar-refractivity contribution is 7.21. The molecule has 7 heteroatoms. The van der Waals surface area contributed by atoms with Crippen molar-refractivity contribution >= 4 is 39.0 Å². The molecule has 19 heavy (non-hydrogen) atoms. The van der Waals surface area contributed by atoms with Crippen molar-refractivity contribution in [1.82, 2.24) is 0 Å². The van der Waals surface area contributed by atoms with Gasteiger partial charge in [0.15, 0.2) is 0 Å². The quantitative estimate of drug-likeness (QED) is 0.748. The van der Waals surface area contributed by atoms with Gasteiger partial charge in [-0.3, -0.25) is 0 Å². The average Bonchev–Trinajstić information content (AvgIpc) is 2.73. The zero-order valence-electron chi connectivity index (χ0n) is 9.68. The molecule has 0 fully saturated rings. The average molecular weight is 309 g/mol. The van der Waals surface area contributed by atoms with Crippen molar-refractivity contribution in [2.24, 2.45) is 0 Å². The second kappa shape index (κ2) is 5.02. The molecule has 2 rings (SSSR count). The van der Waals surface area contributed by atoms with Crippen molar-refractivity contribution in [3.63, 3.8) is 0 Å². The first kappa shape index (κ1) is 14.1. The molecule has 0 unspecified atom stereocenters. The van der Waals surface area contributed by atoms with Gasteiger partial charge in [-0.2, -0.15) is 13.2 Å². The van der Waals surface area contributed by atoms with E-state index in [-0.39, 0.29) is 26.6 Å². The number of esters is 1. The van der Waals surface area contributed by atoms with E-state index in [9.17, 15) is 18.0 Å². The number of thiophene rings is 1. The Morgan fingerprint density at radius 1 is 1.42 bits per heavy atom. The van der Waals surface area contributed by atoms with Gasteiger partial charge in [-0.15, -0.1) is 11.3 Å². The van der Waals surface area contributed by atoms with Crippen molar-refractivity contribution in [3.8, 4) is 0 Å². The molecular weight excluding hydrogens is 301 g/mol. The summed E-state index contributed by atoms with van der Waals surface area (Å²) in [6.07, 6.45) is -4.49. The van der Waals surface area contributed by atoms with Gasteiger partial charge in [0.05, 0.1) is 21.9 Å². The molecule has 0 saturated heterocycles. The minimum Gasteiger partial charge on any atom is -0.462 e. The molecule has 0 aliphatic carbocycles. The van der Waals surface area contributed by atoms with Gasteiger partial charge >= 0.3 is 12.1 Å². The Morgan fingerprint density at radius 3 is 2.68 bits per heavy atom. The number of benzene rings is 1. The molecule has 0 aliphatic heterocycles. The van der Waals surface area contributed by atoms with E-state index >= 15 is 0 Å². The fraction of sp³-hybridized carbons (Fsp3) is 0.250. The second-order valence-corrected chi connectivity index (χ2v) is 5.13. The number of carbonyl (C=O) groups excluding carboxylic acids is 1. The summed E-state index contributed by atoms with van der Waals surface area (Å²) >= 11 is 6.76. The summed E-state index contributed by atoms with van der Waals surface area (Å²) in [6, 6.07) is 3.26. The lowest BCUT2D eigenvalue weighted by atomic mass is 10.1. The highest BCUT2D eigenvalue weighted by Gasteiger charge is 2.33. The van der Waals surface area contributed by atoms with Gasteiger partial charge in [0.1, 0.15) is 4.88 Å². The normalized spacial score (nSPS) is 11.8. The number of halogens is 4. The van der Waals surface area contributed by atoms with E-state index in [2.05, 4.69) is 0 Å². The van der Waals surface area contributed by atoms with Gasteiger partial charge in [0.2, 0.25) is 0 Å². The standard InChI is InChI=1S/C12H8ClF3O2S/c1-2-18-11(17)9-5-6-7(12(14,15)16)3-4-8(13)10(6)19-9/h3-5H,2H2,1H3. The lowest BCUT2D eigenvalue weighted by Gasteiger charge is -2.08. The van der Waals surface area contributed by atoms with Crippen molar-refractivity contribution in [2.75, 3.05) is 6.61 Å². The minimum absolute atomic E-state index is 0.0759. The van der Waals surface area contributed by atoms with E-state index in [1.165, 1.54) is 12.1 Å². The number of carbonyl (C=O) groups is 1. The maximum atomic E-state index is 12.9. The van der Waals surface area contributed by atoms with E-state index in [1.54, 1.807) is 6.92 Å². The zero-order chi connectivity index (χ0) is 14.2. The molecule has 0 radical (unpaired) electrons. The number of rotatable bonds is 2. The molecule has 2 aromatic rings. The highest BCUT2D eigenvalue weighted by Crippen LogP contribution is 2.41. The summed E-state index contributed by atoms with van der Waals surface area (Å²) in [5.41, 5.74) is -0.807. The van der Waals surface area contributed by atoms with E-state index in [0.29, 0.717) is 0 Å². The van der Waals surface area contributed by atoms with Crippen molar-refractivity contribution in [3.05, 3.63) is 33.7 Å². The van der Waals surface area contributed by atoms with Crippen LogP contribution in [-0.4, -0.2) is 12.6 Å². The van der Waals surface area contributed by atoms with Crippen LogP contribution < -0.4 is 0 Å². The number of fused-ring (bicyclic) bond motifs is 1. The topological polar surface area (TPSA) is 26.3 Å². The Balaban J connectivity index is 2.63. The van der Waals surface area contributed by atoms with Gasteiger partial charge in [-0.1, -0.05) is 11.6 Å². The number of ether oxygens (including phenoxy) is 1. The van der Waals surface area contributed by atoms with E-state index in [1.807, 2.05) is 0 Å². The fourth-order valence-electron chi connectivity index (χ4n) is 1.64. The molecule has 0 N–H and O–H groups in total. The van der Waals surface area contributed by atoms with Gasteiger partial charge in [-0.25, -0.2) is 4.79 Å². The van der Waals surface area contributed by atoms with Crippen molar-refractivity contribution in [1.29, 1.82) is 0 Å². The third-order valence-electron chi connectivity index (χ3n) is 2.42. The molecule has 0 atom stereocenters. The minimum atomic E-state index is -4.49. The van der Waals surface area contributed by atoms with E-state index < -0.39 is 17.7 Å². The maximum Gasteiger partial charge on any atom is 0.417 e. The smallest absolute Gasteiger partial charge is 0.417 e. The molecule has 1 aromatic heterocycles. The summed E-state index contributed by atoms with van der Waals surface area (Å²) < 4.78 is 43.6. The SMILES string of the molecule is CCOC(=O)c1cc2c(C(F)(F)F)ccc(Cl)c2s1. The zero-order valence-corrected chi connectivity index (χ0v) is 11.2. The Bertz CT molecular complexity index is 634. The molecule has 1 heterocycles. The van der Waals surface area contributed by atoms with Crippen molar-refractivity contribution in [2.45, 2.75) is 13.1 Å². The third kappa shape index (κ3) is 2.69. The van der Waals surface area contributed by atoms with Gasteiger partial charge in [-0.05, 0) is 25.1 Å². The Kier molecular flexibility index (Phi) is 3.73. The summed E-state index contributed by atoms with van der Waals surface area (Å²) in [4.78, 5) is 11.7. The van der Waals surface area contributed by atoms with Crippen LogP contribution in [0.5, 0.6) is 0 Å². The predicted molar refractivity (Wildman–Crippen MR) is 67.8 cm³/mol. The summed E-state index contributed by atoms with van der Waals surface area (Å²) in [6.45, 7) is 1.78. The van der Waals surface area contributed by atoms with Crippen LogP contribution in [0.1, 0.15) is 22.2 Å². The Morgan fingerprint density at radius 2 is 2.11 bits per heavy atom. The van der Waals surface area contributed by atoms with Crippen LogP contribution in [0.25, 0.3) is 10.1 Å². The van der Waals surface area contributed by atoms with Crippen LogP contribution in [0.4, 0.5) is 13.2 Å². The van der Waals surface area contributed by atoms with Crippen LogP contribution >= 0.6 is 22.9 Å². The lowest BCUT2D eigenvalue weighted by molar-refractivity contribution is -0.136. The van der Waals surface area contributed by atoms with Crippen LogP contribution in [0, 0.1) is 0 Å². The third-order valence-corrected chi connectivity index (χ3v) is 3.99. The van der Waals surface area contributed by atoms with Crippen molar-refractivity contribution < 1.29 is 22.7 Å². The van der Waals surface area contributed by atoms with Gasteiger partial charge in [0, 0.05) is 5.39 Å². The lowest BCUT2D eigenvalue weighted by Crippen LogP contribution is -2.05. The maximum absolute atomic E-state index is 12.9. The van der Waals surface area contributed by atoms with Crippen LogP contribution in [-0.2, 0) is 10.9 Å². The van der Waals surface area contributed by atoms with Crippen LogP contribution in [0.2, 0.25) is 5.02 Å². The Hall–Kier alpha value is -1.27. The highest BCUT2D eigenvalue weighted by atomic mass is 35.5. The Labute approximate surface area is 115 Å². The first-order valence-corrected chi connectivity index (χ1v) is 6.50. The molecule has 102 valence electrons. The summed E-state index contributed by atoms with van der Waals surface area (Å²) in [5, 5.41) is 0.108. The number of alkyl halides is 3. The fourth-order valence-corrected chi connectivity index (χ4v) is 2.90. The molecule has 2 nitrogen and oxygen atoms in total. The van der Waals surface area contributed by atoms with Crippen LogP contribution in [0.15, 0.2) is 18.2 Å². The number of hydrogen-bond donors (Lipinski definition) is 0. The molecule has 0 saturated carbocycles. The summed E-state index contributed by atoms with van der Waals surface area (Å²) in [5.74, 6) is -0.645. The van der Waals surface area contributed by atoms with Crippen LogP contribution in [0.3, 0.4) is 0 Å². The van der Waals surface area contributed by atoms with E-state index in [4.69, 9.17) is 16.3 Å². The van der Waals surface area contributed by atoms with Gasteiger partial charge < -0.3 is 4.74 Å². The van der Waals surface area contributed by atoms with Gasteiger partial charge in [0.25, 0.3) is 0 Å². The molecule has 0 bridgehead atoms. The number of hydrogen-bond acceptors (Lipinski definition) is 3. The monoisotopic (exact) mass is 308 g/mol. The first-order valence-electron chi connectivity index (χ1n) is 5.31. The van der Waals surface area contributed by atoms with E-state index in [0.717, 1.165) is 17.4 Å². The molecular formula is C12H8ClF3O2S. The first-order chi connectivity index (χ1) is 8.84. The second-order valence-electron chi connectivity index (χ2n) is 3.67. The largest absolute Gasteiger partial charge is 0.462 e. The molecule has 0 amide bonds. The molecule has 0 aliphatic rings.